The zero-order valence-electron chi connectivity index (χ0n) is 22.8. The van der Waals surface area contributed by atoms with Crippen molar-refractivity contribution in [3.63, 3.8) is 0 Å². The van der Waals surface area contributed by atoms with Crippen LogP contribution in [0.5, 0.6) is 5.75 Å². The van der Waals surface area contributed by atoms with Crippen molar-refractivity contribution in [2.24, 2.45) is 4.99 Å². The van der Waals surface area contributed by atoms with Crippen LogP contribution in [0.2, 0.25) is 0 Å². The summed E-state index contributed by atoms with van der Waals surface area (Å²) in [6.07, 6.45) is 1.82. The fourth-order valence-electron chi connectivity index (χ4n) is 4.44. The summed E-state index contributed by atoms with van der Waals surface area (Å²) in [5, 5.41) is 1.92. The van der Waals surface area contributed by atoms with E-state index in [2.05, 4.69) is 4.99 Å². The number of thiazole rings is 1. The van der Waals surface area contributed by atoms with Crippen molar-refractivity contribution in [1.82, 2.24) is 4.57 Å². The minimum Gasteiger partial charge on any atom is -0.489 e. The van der Waals surface area contributed by atoms with E-state index < -0.39 is 12.0 Å². The molecule has 1 atom stereocenters. The third-order valence-corrected chi connectivity index (χ3v) is 8.29. The summed E-state index contributed by atoms with van der Waals surface area (Å²) in [7, 11) is 0. The monoisotopic (exact) mass is 588 g/mol. The van der Waals surface area contributed by atoms with Crippen LogP contribution in [0.15, 0.2) is 87.1 Å². The first-order valence-corrected chi connectivity index (χ1v) is 14.8. The molecular formula is C31H28N2O6S2. The van der Waals surface area contributed by atoms with E-state index in [4.69, 9.17) is 14.2 Å². The van der Waals surface area contributed by atoms with Crippen LogP contribution < -0.4 is 19.6 Å². The number of thiophene rings is 1. The normalized spacial score (nSPS) is 14.8. The molecule has 0 radical (unpaired) electrons. The third kappa shape index (κ3) is 6.08. The van der Waals surface area contributed by atoms with Crippen LogP contribution >= 0.6 is 22.7 Å². The summed E-state index contributed by atoms with van der Waals surface area (Å²) in [5.41, 5.74) is 2.96. The molecular weight excluding hydrogens is 560 g/mol. The largest absolute Gasteiger partial charge is 0.489 e. The van der Waals surface area contributed by atoms with Crippen molar-refractivity contribution >= 4 is 40.7 Å². The first kappa shape index (κ1) is 28.3. The molecule has 0 saturated carbocycles. The molecule has 1 aliphatic rings. The fourth-order valence-corrected chi connectivity index (χ4v) is 6.31. The van der Waals surface area contributed by atoms with Gasteiger partial charge in [-0.05, 0) is 73.7 Å². The van der Waals surface area contributed by atoms with Crippen LogP contribution in [0.25, 0.3) is 6.08 Å². The lowest BCUT2D eigenvalue weighted by Gasteiger charge is -2.23. The first-order chi connectivity index (χ1) is 19.9. The van der Waals surface area contributed by atoms with Crippen molar-refractivity contribution in [2.45, 2.75) is 33.4 Å². The molecule has 5 rings (SSSR count). The van der Waals surface area contributed by atoms with Gasteiger partial charge in [-0.3, -0.25) is 9.36 Å². The zero-order chi connectivity index (χ0) is 28.9. The summed E-state index contributed by atoms with van der Waals surface area (Å²) in [6.45, 7) is 6.21. The number of hydrogen-bond acceptors (Lipinski definition) is 9. The SMILES string of the molecule is CCOC(=O)C1=C(C)N=c2s/c(=C\c3ccc(OCc4ccc(C(=O)OCC)cc4)cc3)c(=O)n2[C@H]1c1cccs1. The number of rotatable bonds is 9. The highest BCUT2D eigenvalue weighted by molar-refractivity contribution is 7.10. The van der Waals surface area contributed by atoms with Gasteiger partial charge in [0.1, 0.15) is 18.4 Å². The predicted molar refractivity (Wildman–Crippen MR) is 158 cm³/mol. The maximum atomic E-state index is 13.6. The van der Waals surface area contributed by atoms with E-state index in [1.807, 2.05) is 60.0 Å². The molecule has 0 spiro atoms. The van der Waals surface area contributed by atoms with Crippen LogP contribution in [-0.2, 0) is 20.9 Å². The quantitative estimate of drug-likeness (QED) is 0.265. The van der Waals surface area contributed by atoms with E-state index in [0.29, 0.717) is 45.1 Å². The van der Waals surface area contributed by atoms with Gasteiger partial charge in [0.2, 0.25) is 0 Å². The maximum Gasteiger partial charge on any atom is 0.338 e. The Kier molecular flexibility index (Phi) is 8.61. The molecule has 0 saturated heterocycles. The predicted octanol–water partition coefficient (Wildman–Crippen LogP) is 4.62. The van der Waals surface area contributed by atoms with Gasteiger partial charge in [0.05, 0.1) is 34.6 Å². The molecule has 0 unspecified atom stereocenters. The van der Waals surface area contributed by atoms with E-state index in [1.165, 1.54) is 22.7 Å². The van der Waals surface area contributed by atoms with Gasteiger partial charge in [-0.2, -0.15) is 0 Å². The van der Waals surface area contributed by atoms with Crippen molar-refractivity contribution in [3.05, 3.63) is 119 Å². The number of nitrogens with zero attached hydrogens (tertiary/aromatic N) is 2. The van der Waals surface area contributed by atoms with Gasteiger partial charge in [-0.15, -0.1) is 11.3 Å². The van der Waals surface area contributed by atoms with E-state index in [1.54, 1.807) is 37.5 Å². The number of ether oxygens (including phenoxy) is 3. The molecule has 0 amide bonds. The number of esters is 2. The number of benzene rings is 2. The molecule has 8 nitrogen and oxygen atoms in total. The van der Waals surface area contributed by atoms with Crippen molar-refractivity contribution in [2.75, 3.05) is 13.2 Å². The summed E-state index contributed by atoms with van der Waals surface area (Å²) < 4.78 is 18.3. The maximum absolute atomic E-state index is 13.6. The Morgan fingerprint density at radius 2 is 1.68 bits per heavy atom. The summed E-state index contributed by atoms with van der Waals surface area (Å²) in [5.74, 6) is -0.142. The average Bonchev–Trinajstić information content (AvgIpc) is 3.61. The van der Waals surface area contributed by atoms with Gasteiger partial charge in [0, 0.05) is 4.88 Å². The van der Waals surface area contributed by atoms with Gasteiger partial charge < -0.3 is 14.2 Å². The van der Waals surface area contributed by atoms with Crippen molar-refractivity contribution in [3.8, 4) is 5.75 Å². The van der Waals surface area contributed by atoms with Crippen LogP contribution in [0, 0.1) is 0 Å². The third-order valence-electron chi connectivity index (χ3n) is 6.38. The number of hydrogen-bond donors (Lipinski definition) is 0. The average molecular weight is 589 g/mol. The molecule has 41 heavy (non-hydrogen) atoms. The highest BCUT2D eigenvalue weighted by atomic mass is 32.1. The number of carbonyl (C=O) groups is 2. The van der Waals surface area contributed by atoms with Crippen LogP contribution in [0.4, 0.5) is 0 Å². The lowest BCUT2D eigenvalue weighted by molar-refractivity contribution is -0.139. The van der Waals surface area contributed by atoms with E-state index in [0.717, 1.165) is 16.0 Å². The summed E-state index contributed by atoms with van der Waals surface area (Å²) in [6, 6.07) is 17.8. The Bertz CT molecular complexity index is 1770. The molecule has 1 aliphatic heterocycles. The fraction of sp³-hybridized carbons (Fsp3) is 0.226. The molecule has 3 heterocycles. The highest BCUT2D eigenvalue weighted by Crippen LogP contribution is 2.33. The Hall–Kier alpha value is -4.28. The Morgan fingerprint density at radius 3 is 2.34 bits per heavy atom. The van der Waals surface area contributed by atoms with Crippen LogP contribution in [-0.4, -0.2) is 29.7 Å². The lowest BCUT2D eigenvalue weighted by Crippen LogP contribution is -2.39. The molecule has 0 bridgehead atoms. The van der Waals surface area contributed by atoms with Gasteiger partial charge in [-0.1, -0.05) is 41.7 Å². The molecule has 0 N–H and O–H groups in total. The minimum absolute atomic E-state index is 0.215. The van der Waals surface area contributed by atoms with Gasteiger partial charge in [-0.25, -0.2) is 14.6 Å². The molecule has 210 valence electrons. The number of fused-ring (bicyclic) bond motifs is 1. The Morgan fingerprint density at radius 1 is 0.976 bits per heavy atom. The summed E-state index contributed by atoms with van der Waals surface area (Å²) >= 11 is 2.77. The smallest absolute Gasteiger partial charge is 0.338 e. The second-order valence-corrected chi connectivity index (χ2v) is 11.1. The number of aromatic nitrogens is 1. The Balaban J connectivity index is 1.37. The minimum atomic E-state index is -0.588. The van der Waals surface area contributed by atoms with Crippen molar-refractivity contribution in [1.29, 1.82) is 0 Å². The number of allylic oxidation sites excluding steroid dienone is 1. The van der Waals surface area contributed by atoms with Crippen molar-refractivity contribution < 1.29 is 23.8 Å². The van der Waals surface area contributed by atoms with Gasteiger partial charge >= 0.3 is 11.9 Å². The zero-order valence-corrected chi connectivity index (χ0v) is 24.4. The molecule has 0 aliphatic carbocycles. The molecule has 2 aromatic heterocycles. The molecule has 4 aromatic rings. The van der Waals surface area contributed by atoms with Gasteiger partial charge in [0.25, 0.3) is 5.56 Å². The van der Waals surface area contributed by atoms with Crippen LogP contribution in [0.1, 0.15) is 53.2 Å². The first-order valence-electron chi connectivity index (χ1n) is 13.1. The highest BCUT2D eigenvalue weighted by Gasteiger charge is 2.33. The lowest BCUT2D eigenvalue weighted by atomic mass is 10.0. The second-order valence-electron chi connectivity index (χ2n) is 9.09. The van der Waals surface area contributed by atoms with Gasteiger partial charge in [0.15, 0.2) is 4.80 Å². The topological polar surface area (TPSA) is 96.2 Å². The van der Waals surface area contributed by atoms with Crippen LogP contribution in [0.3, 0.4) is 0 Å². The van der Waals surface area contributed by atoms with E-state index in [-0.39, 0.29) is 18.1 Å². The standard InChI is InChI=1S/C31H28N2O6S2/c1-4-37-29(35)22-12-8-21(9-13-22)18-39-23-14-10-20(11-15-23)17-25-28(34)33-27(24-7-6-16-40-24)26(30(36)38-5-2)19(3)32-31(33)41-25/h6-17,27H,4-5,18H2,1-3H3/b25-17-/t27-/m0/s1. The Labute approximate surface area is 244 Å². The molecule has 0 fully saturated rings. The second kappa shape index (κ2) is 12.5. The molecule has 10 heteroatoms. The summed E-state index contributed by atoms with van der Waals surface area (Å²) in [4.78, 5) is 44.4. The van der Waals surface area contributed by atoms with E-state index >= 15 is 0 Å². The number of carbonyl (C=O) groups excluding carboxylic acids is 2. The van der Waals surface area contributed by atoms with E-state index in [9.17, 15) is 14.4 Å². The molecule has 2 aromatic carbocycles.